The first-order valence-electron chi connectivity index (χ1n) is 3.81. The van der Waals surface area contributed by atoms with Crippen molar-refractivity contribution in [3.63, 3.8) is 0 Å². The van der Waals surface area contributed by atoms with Crippen LogP contribution < -0.4 is 21.7 Å². The van der Waals surface area contributed by atoms with Crippen molar-refractivity contribution < 1.29 is 4.74 Å². The van der Waals surface area contributed by atoms with Crippen LogP contribution in [-0.2, 0) is 0 Å². The van der Waals surface area contributed by atoms with Gasteiger partial charge in [0.15, 0.2) is 0 Å². The Hall–Kier alpha value is -1.46. The highest BCUT2D eigenvalue weighted by atomic mass is 35.5. The Morgan fingerprint density at radius 2 is 2.29 bits per heavy atom. The van der Waals surface area contributed by atoms with Gasteiger partial charge in [-0.05, 0) is 18.2 Å². The maximum atomic E-state index is 5.78. The Bertz CT molecular complexity index is 353. The second kappa shape index (κ2) is 4.69. The molecule has 0 amide bonds. The van der Waals surface area contributed by atoms with Crippen LogP contribution in [0.2, 0.25) is 5.02 Å². The van der Waals surface area contributed by atoms with Gasteiger partial charge in [-0.15, -0.1) is 0 Å². The molecule has 5 nitrogen and oxygen atoms in total. The van der Waals surface area contributed by atoms with E-state index in [1.807, 2.05) is 0 Å². The SMILES string of the molecule is COc1ccc(Cl)cc1N=C(N)NN. The average Bonchev–Trinajstić information content (AvgIpc) is 2.18. The van der Waals surface area contributed by atoms with Gasteiger partial charge < -0.3 is 10.5 Å². The third-order valence-corrected chi connectivity index (χ3v) is 1.76. The summed E-state index contributed by atoms with van der Waals surface area (Å²) >= 11 is 5.78. The van der Waals surface area contributed by atoms with Gasteiger partial charge in [-0.3, -0.25) is 5.43 Å². The monoisotopic (exact) mass is 214 g/mol. The largest absolute Gasteiger partial charge is 0.494 e. The van der Waals surface area contributed by atoms with Crippen LogP contribution in [0.25, 0.3) is 0 Å². The molecule has 0 fully saturated rings. The number of rotatable bonds is 2. The number of ether oxygens (including phenoxy) is 1. The smallest absolute Gasteiger partial charge is 0.208 e. The second-order valence-corrected chi connectivity index (χ2v) is 2.89. The number of hydrazine groups is 1. The lowest BCUT2D eigenvalue weighted by Crippen LogP contribution is -2.36. The fourth-order valence-corrected chi connectivity index (χ4v) is 1.08. The first kappa shape index (κ1) is 10.6. The number of hydrogen-bond acceptors (Lipinski definition) is 3. The zero-order chi connectivity index (χ0) is 10.6. The van der Waals surface area contributed by atoms with Crippen LogP contribution in [0.5, 0.6) is 5.75 Å². The molecule has 1 aromatic carbocycles. The molecule has 1 aromatic rings. The molecular weight excluding hydrogens is 204 g/mol. The van der Waals surface area contributed by atoms with E-state index in [0.717, 1.165) is 0 Å². The van der Waals surface area contributed by atoms with Crippen LogP contribution in [0.15, 0.2) is 23.2 Å². The van der Waals surface area contributed by atoms with E-state index in [1.165, 1.54) is 7.11 Å². The minimum atomic E-state index is 0.0885. The number of benzene rings is 1. The van der Waals surface area contributed by atoms with Crippen molar-refractivity contribution >= 4 is 23.2 Å². The van der Waals surface area contributed by atoms with E-state index in [1.54, 1.807) is 18.2 Å². The van der Waals surface area contributed by atoms with Crippen molar-refractivity contribution in [2.24, 2.45) is 16.6 Å². The Balaban J connectivity index is 3.11. The minimum Gasteiger partial charge on any atom is -0.494 e. The summed E-state index contributed by atoms with van der Waals surface area (Å²) in [5, 5.41) is 0.550. The van der Waals surface area contributed by atoms with Crippen LogP contribution in [0.3, 0.4) is 0 Å². The third kappa shape index (κ3) is 2.51. The second-order valence-electron chi connectivity index (χ2n) is 2.46. The normalized spacial score (nSPS) is 11.2. The number of hydrogen-bond donors (Lipinski definition) is 3. The molecule has 0 aliphatic rings. The molecule has 0 aromatic heterocycles. The van der Waals surface area contributed by atoms with Gasteiger partial charge >= 0.3 is 0 Å². The molecule has 0 bridgehead atoms. The zero-order valence-corrected chi connectivity index (χ0v) is 8.38. The fourth-order valence-electron chi connectivity index (χ4n) is 0.913. The van der Waals surface area contributed by atoms with Gasteiger partial charge in [-0.2, -0.15) is 0 Å². The van der Waals surface area contributed by atoms with Gasteiger partial charge in [-0.1, -0.05) is 11.6 Å². The fraction of sp³-hybridized carbons (Fsp3) is 0.125. The number of nitrogens with two attached hydrogens (primary N) is 2. The van der Waals surface area contributed by atoms with Crippen molar-refractivity contribution in [3.8, 4) is 5.75 Å². The molecule has 0 aliphatic carbocycles. The quantitative estimate of drug-likeness (QED) is 0.294. The number of halogens is 1. The molecule has 0 atom stereocenters. The van der Waals surface area contributed by atoms with Gasteiger partial charge in [0.25, 0.3) is 0 Å². The topological polar surface area (TPSA) is 85.7 Å². The van der Waals surface area contributed by atoms with Crippen molar-refractivity contribution in [1.29, 1.82) is 0 Å². The summed E-state index contributed by atoms with van der Waals surface area (Å²) in [6, 6.07) is 5.03. The summed E-state index contributed by atoms with van der Waals surface area (Å²) in [5.74, 6) is 5.73. The van der Waals surface area contributed by atoms with Crippen LogP contribution in [-0.4, -0.2) is 13.1 Å². The average molecular weight is 215 g/mol. The van der Waals surface area contributed by atoms with E-state index in [9.17, 15) is 0 Å². The highest BCUT2D eigenvalue weighted by Gasteiger charge is 2.02. The zero-order valence-electron chi connectivity index (χ0n) is 7.62. The molecule has 0 radical (unpaired) electrons. The minimum absolute atomic E-state index is 0.0885. The van der Waals surface area contributed by atoms with Crippen molar-refractivity contribution in [2.45, 2.75) is 0 Å². The van der Waals surface area contributed by atoms with Crippen molar-refractivity contribution in [2.75, 3.05) is 7.11 Å². The van der Waals surface area contributed by atoms with Gasteiger partial charge in [0.05, 0.1) is 7.11 Å². The molecule has 0 unspecified atom stereocenters. The number of nitrogens with zero attached hydrogens (tertiary/aromatic N) is 1. The van der Waals surface area contributed by atoms with E-state index in [-0.39, 0.29) is 5.96 Å². The first-order valence-corrected chi connectivity index (χ1v) is 4.19. The summed E-state index contributed by atoms with van der Waals surface area (Å²) < 4.78 is 5.06. The Morgan fingerprint density at radius 3 is 2.86 bits per heavy atom. The number of methoxy groups -OCH3 is 1. The number of guanidine groups is 1. The summed E-state index contributed by atoms with van der Waals surface area (Å²) in [7, 11) is 1.54. The van der Waals surface area contributed by atoms with Crippen LogP contribution in [0.4, 0.5) is 5.69 Å². The molecule has 1 rings (SSSR count). The Labute approximate surface area is 86.7 Å². The lowest BCUT2D eigenvalue weighted by molar-refractivity contribution is 0.416. The van der Waals surface area contributed by atoms with Gasteiger partial charge in [0.2, 0.25) is 5.96 Å². The molecule has 0 saturated heterocycles. The van der Waals surface area contributed by atoms with E-state index in [2.05, 4.69) is 10.4 Å². The lowest BCUT2D eigenvalue weighted by atomic mass is 10.3. The molecule has 6 heteroatoms. The molecule has 5 N–H and O–H groups in total. The Morgan fingerprint density at radius 1 is 1.57 bits per heavy atom. The predicted octanol–water partition coefficient (Wildman–Crippen LogP) is 0.758. The standard InChI is InChI=1S/C8H11ClN4O/c1-14-7-3-2-5(9)4-6(7)12-8(10)13-11/h2-4H,11H2,1H3,(H3,10,12,13). The predicted molar refractivity (Wildman–Crippen MR) is 56.6 cm³/mol. The van der Waals surface area contributed by atoms with Crippen LogP contribution >= 0.6 is 11.6 Å². The van der Waals surface area contributed by atoms with E-state index in [4.69, 9.17) is 27.9 Å². The van der Waals surface area contributed by atoms with E-state index in [0.29, 0.717) is 16.5 Å². The van der Waals surface area contributed by atoms with Crippen molar-refractivity contribution in [3.05, 3.63) is 23.2 Å². The highest BCUT2D eigenvalue weighted by Crippen LogP contribution is 2.29. The molecule has 0 spiro atoms. The maximum Gasteiger partial charge on any atom is 0.208 e. The van der Waals surface area contributed by atoms with Crippen molar-refractivity contribution in [1.82, 2.24) is 5.43 Å². The molecular formula is C8H11ClN4O. The number of aliphatic imine (C=N–C) groups is 1. The third-order valence-electron chi connectivity index (χ3n) is 1.53. The van der Waals surface area contributed by atoms with Gasteiger partial charge in [0.1, 0.15) is 11.4 Å². The molecule has 0 saturated carbocycles. The lowest BCUT2D eigenvalue weighted by Gasteiger charge is -2.05. The Kier molecular flexibility index (Phi) is 3.55. The van der Waals surface area contributed by atoms with E-state index < -0.39 is 0 Å². The van der Waals surface area contributed by atoms with Crippen LogP contribution in [0, 0.1) is 0 Å². The molecule has 0 aliphatic heterocycles. The van der Waals surface area contributed by atoms with E-state index >= 15 is 0 Å². The highest BCUT2D eigenvalue weighted by molar-refractivity contribution is 6.30. The summed E-state index contributed by atoms with van der Waals surface area (Å²) in [6.07, 6.45) is 0. The number of nitrogens with one attached hydrogen (secondary N) is 1. The summed E-state index contributed by atoms with van der Waals surface area (Å²) in [4.78, 5) is 3.96. The summed E-state index contributed by atoms with van der Waals surface area (Å²) in [5.41, 5.74) is 8.13. The summed E-state index contributed by atoms with van der Waals surface area (Å²) in [6.45, 7) is 0. The first-order chi connectivity index (χ1) is 6.67. The molecule has 0 heterocycles. The van der Waals surface area contributed by atoms with Gasteiger partial charge in [-0.25, -0.2) is 10.8 Å². The molecule has 14 heavy (non-hydrogen) atoms. The van der Waals surface area contributed by atoms with Crippen LogP contribution in [0.1, 0.15) is 0 Å². The van der Waals surface area contributed by atoms with Gasteiger partial charge in [0, 0.05) is 5.02 Å². The maximum absolute atomic E-state index is 5.78. The molecule has 76 valence electrons.